The molecule has 1 heterocycles. The fourth-order valence-electron chi connectivity index (χ4n) is 2.79. The van der Waals surface area contributed by atoms with Crippen LogP contribution in [0.5, 0.6) is 5.75 Å². The first-order valence-electron chi connectivity index (χ1n) is 7.00. The minimum atomic E-state index is -1.04. The summed E-state index contributed by atoms with van der Waals surface area (Å²) in [5.74, 6) is -0.626. The molecule has 0 aliphatic carbocycles. The summed E-state index contributed by atoms with van der Waals surface area (Å²) >= 11 is 0. The van der Waals surface area contributed by atoms with Gasteiger partial charge in [-0.15, -0.1) is 0 Å². The summed E-state index contributed by atoms with van der Waals surface area (Å²) in [6, 6.07) is 5.45. The Kier molecular flexibility index (Phi) is 4.31. The van der Waals surface area contributed by atoms with E-state index in [-0.39, 0.29) is 5.78 Å². The van der Waals surface area contributed by atoms with Crippen molar-refractivity contribution in [1.29, 1.82) is 0 Å². The normalized spacial score (nSPS) is 10.8. The summed E-state index contributed by atoms with van der Waals surface area (Å²) in [6.07, 6.45) is 0.732. The van der Waals surface area contributed by atoms with Crippen LogP contribution >= 0.6 is 0 Å². The first-order valence-corrected chi connectivity index (χ1v) is 7.00. The van der Waals surface area contributed by atoms with E-state index in [1.165, 1.54) is 6.92 Å². The zero-order valence-corrected chi connectivity index (χ0v) is 12.5. The number of rotatable bonds is 6. The minimum Gasteiger partial charge on any atom is -0.481 e. The molecule has 5 heteroatoms. The number of Topliss-reactive ketones (excluding diaryl/α,β-unsaturated/α-hetero) is 1. The molecule has 0 unspecified atom stereocenters. The van der Waals surface area contributed by atoms with Crippen molar-refractivity contribution in [2.24, 2.45) is 0 Å². The lowest BCUT2D eigenvalue weighted by molar-refractivity contribution is -0.139. The number of fused-ring (bicyclic) bond motifs is 1. The second kappa shape index (κ2) is 5.99. The van der Waals surface area contributed by atoms with Crippen LogP contribution in [0.4, 0.5) is 0 Å². The van der Waals surface area contributed by atoms with E-state index >= 15 is 0 Å². The lowest BCUT2D eigenvalue weighted by Crippen LogP contribution is -2.09. The van der Waals surface area contributed by atoms with Gasteiger partial charge in [-0.25, -0.2) is 4.79 Å². The van der Waals surface area contributed by atoms with Crippen LogP contribution in [0.15, 0.2) is 18.2 Å². The molecular formula is C16H19NO4. The van der Waals surface area contributed by atoms with Crippen LogP contribution in [0.25, 0.3) is 10.9 Å². The molecule has 2 rings (SSSR count). The SMILES string of the molecule is CCc1c(C(C)=O)c2c(OCC(=O)O)cccc2n1CC. The molecule has 5 nitrogen and oxygen atoms in total. The number of carboxylic acids is 1. The summed E-state index contributed by atoms with van der Waals surface area (Å²) < 4.78 is 7.45. The largest absolute Gasteiger partial charge is 0.481 e. The van der Waals surface area contributed by atoms with Gasteiger partial charge in [-0.1, -0.05) is 13.0 Å². The Labute approximate surface area is 123 Å². The topological polar surface area (TPSA) is 68.5 Å². The molecule has 0 bridgehead atoms. The molecular weight excluding hydrogens is 270 g/mol. The van der Waals surface area contributed by atoms with E-state index in [0.29, 0.717) is 16.7 Å². The molecule has 1 N–H and O–H groups in total. The summed E-state index contributed by atoms with van der Waals surface area (Å²) in [5.41, 5.74) is 2.50. The fraction of sp³-hybridized carbons (Fsp3) is 0.375. The van der Waals surface area contributed by atoms with Crippen LogP contribution in [0.2, 0.25) is 0 Å². The van der Waals surface area contributed by atoms with E-state index < -0.39 is 12.6 Å². The van der Waals surface area contributed by atoms with Crippen molar-refractivity contribution in [3.63, 3.8) is 0 Å². The van der Waals surface area contributed by atoms with E-state index in [0.717, 1.165) is 24.2 Å². The molecule has 1 aromatic heterocycles. The van der Waals surface area contributed by atoms with Crippen molar-refractivity contribution in [2.75, 3.05) is 6.61 Å². The summed E-state index contributed by atoms with van der Waals surface area (Å²) in [5, 5.41) is 9.49. The van der Waals surface area contributed by atoms with Gasteiger partial charge >= 0.3 is 5.97 Å². The third-order valence-electron chi connectivity index (χ3n) is 3.51. The summed E-state index contributed by atoms with van der Waals surface area (Å²) in [7, 11) is 0. The Bertz CT molecular complexity index is 700. The second-order valence-electron chi connectivity index (χ2n) is 4.81. The molecule has 0 radical (unpaired) electrons. The standard InChI is InChI=1S/C16H19NO4/c1-4-11-15(10(3)18)16-12(17(11)5-2)7-6-8-13(16)21-9-14(19)20/h6-8H,4-5,9H2,1-3H3,(H,19,20). The maximum atomic E-state index is 12.1. The molecule has 0 aliphatic rings. The highest BCUT2D eigenvalue weighted by Gasteiger charge is 2.21. The second-order valence-corrected chi connectivity index (χ2v) is 4.81. The van der Waals surface area contributed by atoms with Crippen LogP contribution in [0.3, 0.4) is 0 Å². The van der Waals surface area contributed by atoms with Crippen molar-refractivity contribution >= 4 is 22.7 Å². The first kappa shape index (κ1) is 15.1. The van der Waals surface area contributed by atoms with E-state index in [4.69, 9.17) is 9.84 Å². The van der Waals surface area contributed by atoms with Crippen molar-refractivity contribution in [2.45, 2.75) is 33.7 Å². The minimum absolute atomic E-state index is 0.0320. The van der Waals surface area contributed by atoms with Gasteiger partial charge in [-0.3, -0.25) is 4.79 Å². The summed E-state index contributed by atoms with van der Waals surface area (Å²) in [4.78, 5) is 22.8. The maximum Gasteiger partial charge on any atom is 0.341 e. The smallest absolute Gasteiger partial charge is 0.341 e. The molecule has 0 aliphatic heterocycles. The quantitative estimate of drug-likeness (QED) is 0.830. The Morgan fingerprint density at radius 3 is 2.52 bits per heavy atom. The number of aryl methyl sites for hydroxylation is 1. The number of carbonyl (C=O) groups excluding carboxylic acids is 1. The number of ether oxygens (including phenoxy) is 1. The van der Waals surface area contributed by atoms with Crippen LogP contribution in [-0.4, -0.2) is 28.0 Å². The first-order chi connectivity index (χ1) is 10.0. The van der Waals surface area contributed by atoms with Gasteiger partial charge in [0.05, 0.1) is 10.9 Å². The summed E-state index contributed by atoms with van der Waals surface area (Å²) in [6.45, 7) is 5.88. The highest BCUT2D eigenvalue weighted by atomic mass is 16.5. The number of hydrogen-bond donors (Lipinski definition) is 1. The van der Waals surface area contributed by atoms with Gasteiger partial charge < -0.3 is 14.4 Å². The third kappa shape index (κ3) is 2.63. The van der Waals surface area contributed by atoms with Gasteiger partial charge in [0, 0.05) is 17.8 Å². The lowest BCUT2D eigenvalue weighted by atomic mass is 10.1. The van der Waals surface area contributed by atoms with Crippen LogP contribution in [0, 0.1) is 0 Å². The lowest BCUT2D eigenvalue weighted by Gasteiger charge is -2.07. The zero-order valence-electron chi connectivity index (χ0n) is 12.5. The monoisotopic (exact) mass is 289 g/mol. The number of aliphatic carboxylic acids is 1. The molecule has 1 aromatic carbocycles. The van der Waals surface area contributed by atoms with Crippen molar-refractivity contribution in [3.8, 4) is 5.75 Å². The van der Waals surface area contributed by atoms with Gasteiger partial charge in [-0.05, 0) is 32.4 Å². The predicted molar refractivity (Wildman–Crippen MR) is 80.1 cm³/mol. The number of hydrogen-bond acceptors (Lipinski definition) is 3. The van der Waals surface area contributed by atoms with Crippen molar-refractivity contribution in [1.82, 2.24) is 4.57 Å². The van der Waals surface area contributed by atoms with Crippen molar-refractivity contribution < 1.29 is 19.4 Å². The molecule has 0 fully saturated rings. The Hall–Kier alpha value is -2.30. The Morgan fingerprint density at radius 1 is 1.29 bits per heavy atom. The van der Waals surface area contributed by atoms with E-state index in [9.17, 15) is 9.59 Å². The molecule has 112 valence electrons. The molecule has 21 heavy (non-hydrogen) atoms. The maximum absolute atomic E-state index is 12.1. The van der Waals surface area contributed by atoms with E-state index in [2.05, 4.69) is 4.57 Å². The molecule has 0 amide bonds. The van der Waals surface area contributed by atoms with Gasteiger partial charge in [0.25, 0.3) is 0 Å². The van der Waals surface area contributed by atoms with E-state index in [1.54, 1.807) is 6.07 Å². The molecule has 0 saturated carbocycles. The number of ketones is 1. The molecule has 0 spiro atoms. The highest BCUT2D eigenvalue weighted by Crippen LogP contribution is 2.34. The average Bonchev–Trinajstić information content (AvgIpc) is 2.78. The van der Waals surface area contributed by atoms with E-state index in [1.807, 2.05) is 26.0 Å². The fourth-order valence-corrected chi connectivity index (χ4v) is 2.79. The number of carbonyl (C=O) groups is 2. The van der Waals surface area contributed by atoms with Gasteiger partial charge in [0.1, 0.15) is 5.75 Å². The molecule has 2 aromatic rings. The molecule has 0 atom stereocenters. The van der Waals surface area contributed by atoms with Crippen LogP contribution in [-0.2, 0) is 17.8 Å². The third-order valence-corrected chi connectivity index (χ3v) is 3.51. The number of benzene rings is 1. The zero-order chi connectivity index (χ0) is 15.6. The average molecular weight is 289 g/mol. The Morgan fingerprint density at radius 2 is 2.00 bits per heavy atom. The predicted octanol–water partition coefficient (Wildman–Crippen LogP) is 2.89. The number of nitrogens with zero attached hydrogens (tertiary/aromatic N) is 1. The van der Waals surface area contributed by atoms with Crippen LogP contribution < -0.4 is 4.74 Å². The Balaban J connectivity index is 2.75. The molecule has 0 saturated heterocycles. The van der Waals surface area contributed by atoms with Crippen LogP contribution in [0.1, 0.15) is 36.8 Å². The van der Waals surface area contributed by atoms with Crippen molar-refractivity contribution in [3.05, 3.63) is 29.5 Å². The number of carboxylic acid groups (broad SMARTS) is 1. The van der Waals surface area contributed by atoms with Gasteiger partial charge in [0.15, 0.2) is 12.4 Å². The van der Waals surface area contributed by atoms with Gasteiger partial charge in [0.2, 0.25) is 0 Å². The number of aromatic nitrogens is 1. The highest BCUT2D eigenvalue weighted by molar-refractivity contribution is 6.10. The van der Waals surface area contributed by atoms with Gasteiger partial charge in [-0.2, -0.15) is 0 Å².